The van der Waals surface area contributed by atoms with Crippen LogP contribution in [0.5, 0.6) is 0 Å². The van der Waals surface area contributed by atoms with Crippen LogP contribution in [0.25, 0.3) is 21.5 Å². The largest absolute Gasteiger partial charge is 0.384 e. The Kier molecular flexibility index (Phi) is 8.90. The highest BCUT2D eigenvalue weighted by atomic mass is 35.5. The van der Waals surface area contributed by atoms with Crippen LogP contribution in [-0.4, -0.2) is 10.9 Å². The molecule has 8 rings (SSSR count). The predicted octanol–water partition coefficient (Wildman–Crippen LogP) is 12.1. The number of Topliss-reactive ketones (excluding diaryl/α,β-unsaturated/α-hetero) is 1. The summed E-state index contributed by atoms with van der Waals surface area (Å²) in [7, 11) is 0. The molecule has 0 amide bonds. The molecular formula is C46H32Cl3NO2. The van der Waals surface area contributed by atoms with E-state index in [2.05, 4.69) is 6.07 Å². The van der Waals surface area contributed by atoms with Gasteiger partial charge in [0.25, 0.3) is 0 Å². The Bertz CT molecular complexity index is 2500. The maximum atomic E-state index is 15.8. The Morgan fingerprint density at radius 2 is 1.19 bits per heavy atom. The lowest BCUT2D eigenvalue weighted by molar-refractivity contribution is -0.0727. The van der Waals surface area contributed by atoms with E-state index in [0.717, 1.165) is 27.1 Å². The fourth-order valence-corrected chi connectivity index (χ4v) is 9.19. The first-order valence-corrected chi connectivity index (χ1v) is 18.3. The van der Waals surface area contributed by atoms with Gasteiger partial charge in [-0.05, 0) is 86.6 Å². The number of rotatable bonds is 6. The van der Waals surface area contributed by atoms with Crippen LogP contribution in [0.4, 0.5) is 0 Å². The number of fused-ring (bicyclic) bond motifs is 2. The average molecular weight is 737 g/mol. The third-order valence-corrected chi connectivity index (χ3v) is 11.7. The maximum absolute atomic E-state index is 15.8. The predicted molar refractivity (Wildman–Crippen MR) is 211 cm³/mol. The van der Waals surface area contributed by atoms with Gasteiger partial charge in [-0.25, -0.2) is 0 Å². The number of carbonyl (C=O) groups is 1. The van der Waals surface area contributed by atoms with Crippen molar-refractivity contribution < 1.29 is 9.90 Å². The standard InChI is InChI=1S/C46H32Cl3NO2/c47-34-22-18-31(19-23-34)41-27-46(52,40-17-6-11-30-9-2-4-15-38(30)40)43(44(51)39-16-5-10-29-8-1-3-14-37(29)39)42(32-20-24-35(48)25-21-32)45(41,28-50)33-12-7-13-36(49)26-33/h1-26,41-43,52H,27H2/t41-,42-,43+,45-,46-/m0/s1. The van der Waals surface area contributed by atoms with Crippen LogP contribution in [-0.2, 0) is 11.0 Å². The van der Waals surface area contributed by atoms with Gasteiger partial charge >= 0.3 is 0 Å². The van der Waals surface area contributed by atoms with E-state index in [0.29, 0.717) is 37.3 Å². The highest BCUT2D eigenvalue weighted by Crippen LogP contribution is 2.64. The lowest BCUT2D eigenvalue weighted by Gasteiger charge is -2.56. The number of benzene rings is 7. The van der Waals surface area contributed by atoms with Crippen molar-refractivity contribution in [1.82, 2.24) is 0 Å². The van der Waals surface area contributed by atoms with Gasteiger partial charge in [0.2, 0.25) is 0 Å². The number of hydrogen-bond donors (Lipinski definition) is 1. The summed E-state index contributed by atoms with van der Waals surface area (Å²) in [6.45, 7) is 0. The minimum atomic E-state index is -1.78. The summed E-state index contributed by atoms with van der Waals surface area (Å²) in [5, 5.41) is 30.7. The summed E-state index contributed by atoms with van der Waals surface area (Å²) in [6.07, 6.45) is 0.0496. The fraction of sp³-hybridized carbons (Fsp3) is 0.130. The van der Waals surface area contributed by atoms with Crippen molar-refractivity contribution in [1.29, 1.82) is 5.26 Å². The van der Waals surface area contributed by atoms with E-state index in [-0.39, 0.29) is 12.2 Å². The van der Waals surface area contributed by atoms with Gasteiger partial charge in [0.1, 0.15) is 5.60 Å². The first-order chi connectivity index (χ1) is 25.2. The normalized spacial score (nSPS) is 22.9. The monoisotopic (exact) mass is 735 g/mol. The minimum absolute atomic E-state index is 0.0496. The Morgan fingerprint density at radius 1 is 0.635 bits per heavy atom. The van der Waals surface area contributed by atoms with Gasteiger partial charge in [0.15, 0.2) is 5.78 Å². The van der Waals surface area contributed by atoms with Crippen molar-refractivity contribution in [3.05, 3.63) is 201 Å². The molecule has 5 atom stereocenters. The Morgan fingerprint density at radius 3 is 1.85 bits per heavy atom. The van der Waals surface area contributed by atoms with Crippen LogP contribution < -0.4 is 0 Å². The second-order valence-electron chi connectivity index (χ2n) is 13.6. The lowest BCUT2D eigenvalue weighted by Crippen LogP contribution is -2.58. The summed E-state index contributed by atoms with van der Waals surface area (Å²) in [6, 6.07) is 52.1. The highest BCUT2D eigenvalue weighted by molar-refractivity contribution is 6.31. The molecule has 6 heteroatoms. The molecule has 0 radical (unpaired) electrons. The molecule has 254 valence electrons. The van der Waals surface area contributed by atoms with Gasteiger partial charge in [0.05, 0.1) is 17.4 Å². The van der Waals surface area contributed by atoms with E-state index >= 15 is 4.79 Å². The molecule has 0 unspecified atom stereocenters. The summed E-state index contributed by atoms with van der Waals surface area (Å²) >= 11 is 19.7. The summed E-state index contributed by atoms with van der Waals surface area (Å²) in [4.78, 5) is 15.8. The minimum Gasteiger partial charge on any atom is -0.384 e. The SMILES string of the molecule is N#C[C@]1(c2cccc(Cl)c2)[C@H](c2ccc(Cl)cc2)C[C@](O)(c2cccc3ccccc23)[C@@H](C(=O)c2cccc3ccccc23)[C@@H]1c1ccc(Cl)cc1. The molecule has 0 heterocycles. The number of ketones is 1. The van der Waals surface area contributed by atoms with Crippen LogP contribution in [0.1, 0.15) is 50.9 Å². The average Bonchev–Trinajstić information content (AvgIpc) is 3.17. The van der Waals surface area contributed by atoms with E-state index in [9.17, 15) is 10.4 Å². The van der Waals surface area contributed by atoms with E-state index in [1.54, 1.807) is 30.3 Å². The van der Waals surface area contributed by atoms with Crippen LogP contribution in [0.15, 0.2) is 158 Å². The summed E-state index contributed by atoms with van der Waals surface area (Å²) < 4.78 is 0. The second-order valence-corrected chi connectivity index (χ2v) is 15.0. The van der Waals surface area contributed by atoms with Crippen molar-refractivity contribution in [3.8, 4) is 6.07 Å². The zero-order valence-corrected chi connectivity index (χ0v) is 30.2. The van der Waals surface area contributed by atoms with Crippen LogP contribution in [0.3, 0.4) is 0 Å². The maximum Gasteiger partial charge on any atom is 0.170 e. The lowest BCUT2D eigenvalue weighted by atomic mass is 9.45. The number of hydrogen-bond acceptors (Lipinski definition) is 3. The molecule has 0 aromatic heterocycles. The fourth-order valence-electron chi connectivity index (χ4n) is 8.75. The van der Waals surface area contributed by atoms with Crippen LogP contribution in [0, 0.1) is 17.2 Å². The van der Waals surface area contributed by atoms with Gasteiger partial charge in [-0.2, -0.15) is 5.26 Å². The number of nitrogens with zero attached hydrogens (tertiary/aromatic N) is 1. The van der Waals surface area contributed by atoms with Gasteiger partial charge < -0.3 is 5.11 Å². The van der Waals surface area contributed by atoms with E-state index < -0.39 is 28.8 Å². The third kappa shape index (κ3) is 5.59. The zero-order valence-electron chi connectivity index (χ0n) is 27.9. The number of nitriles is 1. The molecule has 7 aromatic rings. The molecule has 1 saturated carbocycles. The van der Waals surface area contributed by atoms with Crippen LogP contribution in [0.2, 0.25) is 15.1 Å². The van der Waals surface area contributed by atoms with Gasteiger partial charge in [-0.15, -0.1) is 0 Å². The molecular weight excluding hydrogens is 705 g/mol. The quantitative estimate of drug-likeness (QED) is 0.173. The molecule has 7 aromatic carbocycles. The van der Waals surface area contributed by atoms with Crippen molar-refractivity contribution in [2.45, 2.75) is 29.3 Å². The number of halogens is 3. The Labute approximate surface area is 317 Å². The summed E-state index contributed by atoms with van der Waals surface area (Å²) in [5.74, 6) is -2.93. The van der Waals surface area contributed by atoms with Crippen molar-refractivity contribution >= 4 is 62.1 Å². The highest BCUT2D eigenvalue weighted by Gasteiger charge is 2.64. The van der Waals surface area contributed by atoms with E-state index in [1.165, 1.54) is 0 Å². The smallest absolute Gasteiger partial charge is 0.170 e. The molecule has 1 aliphatic carbocycles. The van der Waals surface area contributed by atoms with E-state index in [4.69, 9.17) is 34.8 Å². The molecule has 1 N–H and O–H groups in total. The molecule has 0 aliphatic heterocycles. The first-order valence-electron chi connectivity index (χ1n) is 17.2. The van der Waals surface area contributed by atoms with Crippen molar-refractivity contribution in [2.24, 2.45) is 5.92 Å². The molecule has 1 aliphatic rings. The summed E-state index contributed by atoms with van der Waals surface area (Å²) in [5.41, 5.74) is 0.0688. The Balaban J connectivity index is 1.53. The second kappa shape index (κ2) is 13.6. The number of carbonyl (C=O) groups excluding carboxylic acids is 1. The van der Waals surface area contributed by atoms with Gasteiger partial charge in [-0.3, -0.25) is 4.79 Å². The van der Waals surface area contributed by atoms with Crippen molar-refractivity contribution in [3.63, 3.8) is 0 Å². The topological polar surface area (TPSA) is 61.1 Å². The van der Waals surface area contributed by atoms with E-state index in [1.807, 2.05) is 127 Å². The third-order valence-electron chi connectivity index (χ3n) is 11.0. The Hall–Kier alpha value is -4.95. The van der Waals surface area contributed by atoms with Crippen LogP contribution >= 0.6 is 34.8 Å². The van der Waals surface area contributed by atoms with Gasteiger partial charge in [0, 0.05) is 32.5 Å². The first kappa shape index (κ1) is 34.2. The molecule has 0 spiro atoms. The number of aliphatic hydroxyl groups is 1. The molecule has 3 nitrogen and oxygen atoms in total. The molecule has 0 bridgehead atoms. The van der Waals surface area contributed by atoms with Crippen molar-refractivity contribution in [2.75, 3.05) is 0 Å². The van der Waals surface area contributed by atoms with Gasteiger partial charge in [-0.1, -0.05) is 156 Å². The zero-order chi connectivity index (χ0) is 36.0. The molecule has 0 saturated heterocycles. The molecule has 1 fully saturated rings. The molecule has 52 heavy (non-hydrogen) atoms.